The first-order valence-electron chi connectivity index (χ1n) is 10.9. The van der Waals surface area contributed by atoms with Gasteiger partial charge in [0.05, 0.1) is 0 Å². The van der Waals surface area contributed by atoms with Gasteiger partial charge in [0.1, 0.15) is 0 Å². The maximum Gasteiger partial charge on any atom is 0.0487 e. The van der Waals surface area contributed by atoms with Crippen molar-refractivity contribution in [3.63, 3.8) is 0 Å². The lowest BCUT2D eigenvalue weighted by molar-refractivity contribution is 0.622. The number of nitrogens with zero attached hydrogens (tertiary/aromatic N) is 1. The van der Waals surface area contributed by atoms with Crippen LogP contribution in [-0.2, 0) is 13.0 Å². The molecule has 0 aliphatic rings. The third kappa shape index (κ3) is 4.14. The van der Waals surface area contributed by atoms with E-state index in [1.165, 1.54) is 38.7 Å². The second kappa shape index (κ2) is 9.23. The fraction of sp³-hybridized carbons (Fsp3) is 0.310. The molecular weight excluding hydrogens is 362 g/mol. The summed E-state index contributed by atoms with van der Waals surface area (Å²) in [5, 5.41) is 2.67. The number of hydrogen-bond donors (Lipinski definition) is 0. The van der Waals surface area contributed by atoms with Gasteiger partial charge >= 0.3 is 0 Å². The number of hydrogen-bond acceptors (Lipinski definition) is 1. The van der Waals surface area contributed by atoms with E-state index in [4.69, 9.17) is 6.42 Å². The monoisotopic (exact) mass is 395 g/mol. The summed E-state index contributed by atoms with van der Waals surface area (Å²) in [5.41, 5.74) is 8.55. The van der Waals surface area contributed by atoms with Gasteiger partial charge in [0, 0.05) is 23.5 Å². The van der Waals surface area contributed by atoms with E-state index in [0.717, 1.165) is 30.6 Å². The van der Waals surface area contributed by atoms with E-state index in [0.29, 0.717) is 5.92 Å². The van der Waals surface area contributed by atoms with E-state index >= 15 is 0 Å². The zero-order chi connectivity index (χ0) is 21.8. The molecule has 0 saturated carbocycles. The lowest BCUT2D eigenvalue weighted by atomic mass is 9.93. The predicted molar refractivity (Wildman–Crippen MR) is 132 cm³/mol. The molecule has 0 aliphatic carbocycles. The van der Waals surface area contributed by atoms with Crippen LogP contribution in [0.5, 0.6) is 0 Å². The molecule has 1 heteroatoms. The van der Waals surface area contributed by atoms with Crippen LogP contribution in [0.15, 0.2) is 60.8 Å². The van der Waals surface area contributed by atoms with Crippen LogP contribution >= 0.6 is 0 Å². The number of benzene rings is 3. The van der Waals surface area contributed by atoms with Crippen molar-refractivity contribution in [2.45, 2.75) is 54.0 Å². The van der Waals surface area contributed by atoms with Gasteiger partial charge in [-0.2, -0.15) is 0 Å². The van der Waals surface area contributed by atoms with Crippen molar-refractivity contribution in [2.24, 2.45) is 5.92 Å². The molecule has 154 valence electrons. The molecule has 0 amide bonds. The van der Waals surface area contributed by atoms with Crippen molar-refractivity contribution in [3.05, 3.63) is 88.6 Å². The summed E-state index contributed by atoms with van der Waals surface area (Å²) in [6, 6.07) is 17.5. The van der Waals surface area contributed by atoms with Crippen LogP contribution < -0.4 is 4.90 Å². The van der Waals surface area contributed by atoms with Crippen molar-refractivity contribution in [1.29, 1.82) is 0 Å². The van der Waals surface area contributed by atoms with Crippen molar-refractivity contribution in [2.75, 3.05) is 4.90 Å². The quantitative estimate of drug-likeness (QED) is 0.373. The Morgan fingerprint density at radius 3 is 2.43 bits per heavy atom. The SMILES string of the molecule is C#Cc1ccc(N(Cc2c(CC)ccc3c(C)cccc23)C(=C)C(C)CC)c(C)c1. The number of aryl methyl sites for hydroxylation is 3. The molecule has 30 heavy (non-hydrogen) atoms. The topological polar surface area (TPSA) is 3.24 Å². The fourth-order valence-electron chi connectivity index (χ4n) is 4.19. The van der Waals surface area contributed by atoms with Gasteiger partial charge in [0.15, 0.2) is 0 Å². The maximum absolute atomic E-state index is 5.63. The van der Waals surface area contributed by atoms with Gasteiger partial charge in [-0.3, -0.25) is 0 Å². The molecule has 0 spiro atoms. The standard InChI is InChI=1S/C29H33N/c1-8-20(4)23(7)30(29-17-14-24(9-2)18-22(29)6)19-28-25(10-3)15-16-26-21(5)12-11-13-27(26)28/h2,11-18,20H,7-8,10,19H2,1,3-6H3. The zero-order valence-electron chi connectivity index (χ0n) is 19.0. The normalized spacial score (nSPS) is 11.9. The lowest BCUT2D eigenvalue weighted by Crippen LogP contribution is -2.26. The Kier molecular flexibility index (Phi) is 6.68. The van der Waals surface area contributed by atoms with E-state index in [9.17, 15) is 0 Å². The molecule has 3 aromatic carbocycles. The highest BCUT2D eigenvalue weighted by molar-refractivity contribution is 5.90. The summed E-state index contributed by atoms with van der Waals surface area (Å²) in [7, 11) is 0. The van der Waals surface area contributed by atoms with Crippen molar-refractivity contribution >= 4 is 16.5 Å². The second-order valence-corrected chi connectivity index (χ2v) is 8.26. The fourth-order valence-corrected chi connectivity index (χ4v) is 4.19. The summed E-state index contributed by atoms with van der Waals surface area (Å²) >= 11 is 0. The Labute approximate surface area is 182 Å². The van der Waals surface area contributed by atoms with Crippen molar-refractivity contribution in [1.82, 2.24) is 0 Å². The van der Waals surface area contributed by atoms with E-state index in [1.807, 2.05) is 6.07 Å². The van der Waals surface area contributed by atoms with Gasteiger partial charge in [-0.05, 0) is 83.8 Å². The molecule has 0 radical (unpaired) electrons. The Morgan fingerprint density at radius 1 is 1.03 bits per heavy atom. The highest BCUT2D eigenvalue weighted by Crippen LogP contribution is 2.33. The van der Waals surface area contributed by atoms with Gasteiger partial charge in [-0.1, -0.05) is 63.6 Å². The average molecular weight is 396 g/mol. The molecule has 0 aliphatic heterocycles. The summed E-state index contributed by atoms with van der Waals surface area (Å²) in [6.07, 6.45) is 7.70. The molecule has 1 nitrogen and oxygen atoms in total. The van der Waals surface area contributed by atoms with Crippen LogP contribution in [0.25, 0.3) is 10.8 Å². The molecule has 1 unspecified atom stereocenters. The summed E-state index contributed by atoms with van der Waals surface area (Å²) in [4.78, 5) is 2.40. The molecule has 0 heterocycles. The Hall–Kier alpha value is -2.98. The first-order valence-corrected chi connectivity index (χ1v) is 10.9. The van der Waals surface area contributed by atoms with Crippen LogP contribution in [0.1, 0.15) is 55.0 Å². The minimum Gasteiger partial charge on any atom is -0.341 e. The van der Waals surface area contributed by atoms with Crippen molar-refractivity contribution in [3.8, 4) is 12.3 Å². The average Bonchev–Trinajstić information content (AvgIpc) is 2.76. The summed E-state index contributed by atoms with van der Waals surface area (Å²) < 4.78 is 0. The van der Waals surface area contributed by atoms with Gasteiger partial charge in [-0.25, -0.2) is 0 Å². The van der Waals surface area contributed by atoms with Crippen LogP contribution in [0.2, 0.25) is 0 Å². The number of terminal acetylenes is 1. The van der Waals surface area contributed by atoms with E-state index in [-0.39, 0.29) is 0 Å². The number of rotatable bonds is 7. The largest absolute Gasteiger partial charge is 0.341 e. The minimum atomic E-state index is 0.401. The number of allylic oxidation sites excluding steroid dienone is 1. The molecule has 3 rings (SSSR count). The lowest BCUT2D eigenvalue weighted by Gasteiger charge is -2.33. The Morgan fingerprint density at radius 2 is 1.80 bits per heavy atom. The molecule has 0 N–H and O–H groups in total. The molecule has 0 aromatic heterocycles. The van der Waals surface area contributed by atoms with Crippen LogP contribution in [0.3, 0.4) is 0 Å². The second-order valence-electron chi connectivity index (χ2n) is 8.26. The van der Waals surface area contributed by atoms with Gasteiger partial charge < -0.3 is 4.90 Å². The van der Waals surface area contributed by atoms with Crippen molar-refractivity contribution < 1.29 is 0 Å². The highest BCUT2D eigenvalue weighted by atomic mass is 15.1. The summed E-state index contributed by atoms with van der Waals surface area (Å²) in [5.74, 6) is 3.16. The first kappa shape index (κ1) is 21.7. The predicted octanol–water partition coefficient (Wildman–Crippen LogP) is 7.57. The molecule has 0 fully saturated rings. The highest BCUT2D eigenvalue weighted by Gasteiger charge is 2.20. The van der Waals surface area contributed by atoms with E-state index in [2.05, 4.69) is 94.5 Å². The molecule has 1 atom stereocenters. The summed E-state index contributed by atoms with van der Waals surface area (Å²) in [6.45, 7) is 16.4. The smallest absolute Gasteiger partial charge is 0.0487 e. The van der Waals surface area contributed by atoms with E-state index in [1.54, 1.807) is 0 Å². The molecule has 3 aromatic rings. The van der Waals surface area contributed by atoms with Gasteiger partial charge in [0.2, 0.25) is 0 Å². The minimum absolute atomic E-state index is 0.401. The Bertz CT molecular complexity index is 1110. The zero-order valence-corrected chi connectivity index (χ0v) is 19.0. The number of fused-ring (bicyclic) bond motifs is 1. The molecular formula is C29H33N. The van der Waals surface area contributed by atoms with E-state index < -0.39 is 0 Å². The Balaban J connectivity index is 2.19. The molecule has 0 saturated heterocycles. The van der Waals surface area contributed by atoms with Crippen LogP contribution in [0.4, 0.5) is 5.69 Å². The van der Waals surface area contributed by atoms with Gasteiger partial charge in [-0.15, -0.1) is 6.42 Å². The first-order chi connectivity index (χ1) is 14.4. The third-order valence-electron chi connectivity index (χ3n) is 6.37. The maximum atomic E-state index is 5.63. The van der Waals surface area contributed by atoms with Crippen LogP contribution in [0, 0.1) is 32.1 Å². The van der Waals surface area contributed by atoms with Crippen LogP contribution in [-0.4, -0.2) is 0 Å². The van der Waals surface area contributed by atoms with Gasteiger partial charge in [0.25, 0.3) is 0 Å². The molecule has 0 bridgehead atoms. The third-order valence-corrected chi connectivity index (χ3v) is 6.37. The number of anilines is 1.